The number of hydrogen-bond acceptors (Lipinski definition) is 4. The second-order valence-corrected chi connectivity index (χ2v) is 4.81. The second-order valence-electron chi connectivity index (χ2n) is 4.81. The second kappa shape index (κ2) is 5.40. The minimum Gasteiger partial charge on any atom is -0.507 e. The first-order valence-corrected chi connectivity index (χ1v) is 6.19. The van der Waals surface area contributed by atoms with Crippen LogP contribution < -0.4 is 4.90 Å². The molecule has 4 heteroatoms. The molecule has 1 heterocycles. The summed E-state index contributed by atoms with van der Waals surface area (Å²) < 4.78 is 5.16. The van der Waals surface area contributed by atoms with Crippen LogP contribution in [0.3, 0.4) is 0 Å². The van der Waals surface area contributed by atoms with Gasteiger partial charge in [-0.3, -0.25) is 4.79 Å². The summed E-state index contributed by atoms with van der Waals surface area (Å²) in [7, 11) is 1.72. The maximum Gasteiger partial charge on any atom is 0.163 e. The fraction of sp³-hybridized carbons (Fsp3) is 0.500. The van der Waals surface area contributed by atoms with Crippen molar-refractivity contribution in [3.63, 3.8) is 0 Å². The Morgan fingerprint density at radius 3 is 2.94 bits per heavy atom. The fourth-order valence-corrected chi connectivity index (χ4v) is 2.45. The Balaban J connectivity index is 2.11. The number of nitrogens with zero attached hydrogens (tertiary/aromatic N) is 1. The van der Waals surface area contributed by atoms with E-state index in [1.165, 1.54) is 6.92 Å². The number of Topliss-reactive ketones (excluding diaryl/α,β-unsaturated/α-hetero) is 1. The highest BCUT2D eigenvalue weighted by Crippen LogP contribution is 2.29. The Bertz CT molecular complexity index is 445. The molecule has 1 atom stereocenters. The Labute approximate surface area is 107 Å². The van der Waals surface area contributed by atoms with Gasteiger partial charge in [-0.25, -0.2) is 0 Å². The number of benzene rings is 1. The van der Waals surface area contributed by atoms with Crippen molar-refractivity contribution in [3.05, 3.63) is 23.8 Å². The van der Waals surface area contributed by atoms with Gasteiger partial charge >= 0.3 is 0 Å². The van der Waals surface area contributed by atoms with Gasteiger partial charge in [0.2, 0.25) is 0 Å². The number of phenolic OH excluding ortho intramolecular Hbond substituents is 1. The Hall–Kier alpha value is -1.55. The van der Waals surface area contributed by atoms with Crippen molar-refractivity contribution in [2.24, 2.45) is 5.92 Å². The molecule has 1 aliphatic heterocycles. The molecule has 0 aliphatic carbocycles. The smallest absolute Gasteiger partial charge is 0.163 e. The quantitative estimate of drug-likeness (QED) is 0.830. The number of carbonyl (C=O) groups is 1. The number of ketones is 1. The van der Waals surface area contributed by atoms with Crippen LogP contribution in [0.25, 0.3) is 0 Å². The number of carbonyl (C=O) groups excluding carboxylic acids is 1. The van der Waals surface area contributed by atoms with Gasteiger partial charge in [0.25, 0.3) is 0 Å². The van der Waals surface area contributed by atoms with E-state index in [1.54, 1.807) is 19.2 Å². The molecule has 0 bridgehead atoms. The number of ether oxygens (including phenoxy) is 1. The van der Waals surface area contributed by atoms with E-state index in [0.29, 0.717) is 11.5 Å². The van der Waals surface area contributed by atoms with Gasteiger partial charge in [-0.05, 0) is 25.5 Å². The Morgan fingerprint density at radius 2 is 2.33 bits per heavy atom. The first kappa shape index (κ1) is 12.9. The predicted molar refractivity (Wildman–Crippen MR) is 70.3 cm³/mol. The first-order valence-electron chi connectivity index (χ1n) is 6.19. The minimum absolute atomic E-state index is 0.0650. The summed E-state index contributed by atoms with van der Waals surface area (Å²) in [6.45, 7) is 4.13. The molecule has 2 rings (SSSR count). The lowest BCUT2D eigenvalue weighted by molar-refractivity contribution is 0.101. The van der Waals surface area contributed by atoms with Gasteiger partial charge in [0.15, 0.2) is 5.78 Å². The van der Waals surface area contributed by atoms with E-state index in [2.05, 4.69) is 4.90 Å². The third kappa shape index (κ3) is 2.64. The lowest BCUT2D eigenvalue weighted by Crippen LogP contribution is -2.20. The molecule has 1 unspecified atom stereocenters. The summed E-state index contributed by atoms with van der Waals surface area (Å²) in [6, 6.07) is 5.26. The van der Waals surface area contributed by atoms with Crippen molar-refractivity contribution >= 4 is 11.5 Å². The van der Waals surface area contributed by atoms with E-state index in [9.17, 15) is 9.90 Å². The number of hydrogen-bond donors (Lipinski definition) is 1. The van der Waals surface area contributed by atoms with Crippen molar-refractivity contribution in [1.82, 2.24) is 0 Å². The molecule has 1 aromatic rings. The molecular formula is C14H19NO3. The molecule has 0 radical (unpaired) electrons. The molecule has 1 saturated heterocycles. The zero-order valence-corrected chi connectivity index (χ0v) is 10.8. The Morgan fingerprint density at radius 1 is 1.56 bits per heavy atom. The van der Waals surface area contributed by atoms with Crippen LogP contribution in [0.15, 0.2) is 18.2 Å². The molecule has 4 nitrogen and oxygen atoms in total. The van der Waals surface area contributed by atoms with Crippen LogP contribution >= 0.6 is 0 Å². The van der Waals surface area contributed by atoms with Gasteiger partial charge in [-0.15, -0.1) is 0 Å². The van der Waals surface area contributed by atoms with E-state index in [0.717, 1.165) is 31.8 Å². The van der Waals surface area contributed by atoms with Gasteiger partial charge in [-0.1, -0.05) is 0 Å². The van der Waals surface area contributed by atoms with E-state index in [4.69, 9.17) is 4.74 Å². The van der Waals surface area contributed by atoms with Gasteiger partial charge in [-0.2, -0.15) is 0 Å². The summed E-state index contributed by atoms with van der Waals surface area (Å²) in [5.74, 6) is 0.498. The molecule has 0 aromatic heterocycles. The predicted octanol–water partition coefficient (Wildman–Crippen LogP) is 2.07. The van der Waals surface area contributed by atoms with E-state index >= 15 is 0 Å². The number of phenols is 1. The van der Waals surface area contributed by atoms with Crippen molar-refractivity contribution in [2.45, 2.75) is 13.3 Å². The summed E-state index contributed by atoms with van der Waals surface area (Å²) in [4.78, 5) is 13.5. The molecule has 0 saturated carbocycles. The van der Waals surface area contributed by atoms with Gasteiger partial charge < -0.3 is 14.7 Å². The standard InChI is InChI=1S/C14H19NO3/c1-10(16)13-4-3-12(7-14(13)17)15-6-5-11(8-15)9-18-2/h3-4,7,11,17H,5-6,8-9H2,1-2H3. The van der Waals surface area contributed by atoms with Crippen LogP contribution in [0.5, 0.6) is 5.75 Å². The molecule has 1 N–H and O–H groups in total. The van der Waals surface area contributed by atoms with Gasteiger partial charge in [0, 0.05) is 37.9 Å². The van der Waals surface area contributed by atoms with Gasteiger partial charge in [0.05, 0.1) is 12.2 Å². The van der Waals surface area contributed by atoms with Crippen molar-refractivity contribution in [1.29, 1.82) is 0 Å². The van der Waals surface area contributed by atoms with E-state index in [-0.39, 0.29) is 11.5 Å². The average molecular weight is 249 g/mol. The zero-order chi connectivity index (χ0) is 13.1. The summed E-state index contributed by atoms with van der Waals surface area (Å²) >= 11 is 0. The van der Waals surface area contributed by atoms with Crippen molar-refractivity contribution < 1.29 is 14.6 Å². The molecule has 1 fully saturated rings. The van der Waals surface area contributed by atoms with Crippen molar-refractivity contribution in [2.75, 3.05) is 31.7 Å². The Kier molecular flexibility index (Phi) is 3.87. The van der Waals surface area contributed by atoms with Gasteiger partial charge in [0.1, 0.15) is 5.75 Å². The van der Waals surface area contributed by atoms with Crippen LogP contribution in [-0.2, 0) is 4.74 Å². The molecule has 98 valence electrons. The molecule has 18 heavy (non-hydrogen) atoms. The topological polar surface area (TPSA) is 49.8 Å². The van der Waals surface area contributed by atoms with Crippen LogP contribution in [0, 0.1) is 5.92 Å². The summed E-state index contributed by atoms with van der Waals surface area (Å²) in [5.41, 5.74) is 1.35. The monoisotopic (exact) mass is 249 g/mol. The lowest BCUT2D eigenvalue weighted by atomic mass is 10.1. The maximum absolute atomic E-state index is 11.2. The fourth-order valence-electron chi connectivity index (χ4n) is 2.45. The number of methoxy groups -OCH3 is 1. The normalized spacial score (nSPS) is 19.2. The summed E-state index contributed by atoms with van der Waals surface area (Å²) in [5, 5.41) is 9.82. The molecule has 0 amide bonds. The SMILES string of the molecule is COCC1CCN(c2ccc(C(C)=O)c(O)c2)C1. The van der Waals surface area contributed by atoms with E-state index < -0.39 is 0 Å². The highest BCUT2D eigenvalue weighted by atomic mass is 16.5. The first-order chi connectivity index (χ1) is 8.61. The van der Waals surface area contributed by atoms with E-state index in [1.807, 2.05) is 6.07 Å². The van der Waals surface area contributed by atoms with Crippen LogP contribution in [0.4, 0.5) is 5.69 Å². The molecule has 0 spiro atoms. The maximum atomic E-state index is 11.2. The number of rotatable bonds is 4. The lowest BCUT2D eigenvalue weighted by Gasteiger charge is -2.19. The number of anilines is 1. The molecule has 1 aromatic carbocycles. The molecule has 1 aliphatic rings. The minimum atomic E-state index is -0.113. The van der Waals surface area contributed by atoms with Crippen LogP contribution in [0.1, 0.15) is 23.7 Å². The van der Waals surface area contributed by atoms with Crippen LogP contribution in [-0.4, -0.2) is 37.7 Å². The third-order valence-electron chi connectivity index (χ3n) is 3.41. The average Bonchev–Trinajstić information content (AvgIpc) is 2.77. The molecular weight excluding hydrogens is 230 g/mol. The van der Waals surface area contributed by atoms with Crippen molar-refractivity contribution in [3.8, 4) is 5.75 Å². The summed E-state index contributed by atoms with van der Waals surface area (Å²) in [6.07, 6.45) is 1.10. The highest BCUT2D eigenvalue weighted by Gasteiger charge is 2.23. The largest absolute Gasteiger partial charge is 0.507 e. The third-order valence-corrected chi connectivity index (χ3v) is 3.41. The number of aromatic hydroxyl groups is 1. The van der Waals surface area contributed by atoms with Crippen LogP contribution in [0.2, 0.25) is 0 Å². The zero-order valence-electron chi connectivity index (χ0n) is 10.8. The highest BCUT2D eigenvalue weighted by molar-refractivity contribution is 5.97.